The summed E-state index contributed by atoms with van der Waals surface area (Å²) in [5.74, 6) is 1.41. The van der Waals surface area contributed by atoms with Gasteiger partial charge in [-0.15, -0.1) is 0 Å². The number of hydrogen-bond donors (Lipinski definition) is 1. The molecular formula is C23H25ClN4O2. The molecule has 1 atom stereocenters. The van der Waals surface area contributed by atoms with E-state index in [0.717, 1.165) is 31.1 Å². The van der Waals surface area contributed by atoms with Gasteiger partial charge in [-0.2, -0.15) is 4.98 Å². The first-order valence-corrected chi connectivity index (χ1v) is 10.6. The number of nitrogens with zero attached hydrogens (tertiary/aromatic N) is 3. The molecule has 7 heteroatoms. The second-order valence-electron chi connectivity index (χ2n) is 7.88. The van der Waals surface area contributed by atoms with Crippen molar-refractivity contribution in [1.29, 1.82) is 0 Å². The second-order valence-corrected chi connectivity index (χ2v) is 8.32. The van der Waals surface area contributed by atoms with Gasteiger partial charge in [-0.1, -0.05) is 35.8 Å². The predicted octanol–water partition coefficient (Wildman–Crippen LogP) is 4.55. The summed E-state index contributed by atoms with van der Waals surface area (Å²) in [7, 11) is 0. The first-order valence-electron chi connectivity index (χ1n) is 10.2. The Morgan fingerprint density at radius 3 is 2.70 bits per heavy atom. The monoisotopic (exact) mass is 424 g/mol. The van der Waals surface area contributed by atoms with Crippen LogP contribution in [0.1, 0.15) is 41.6 Å². The van der Waals surface area contributed by atoms with Crippen LogP contribution in [0.25, 0.3) is 11.4 Å². The molecule has 1 aliphatic heterocycles. The SMILES string of the molecule is CC1CCCN(Cc2ccc(C(=O)NCc3nc(-c4ccc(Cl)cc4)no3)cc2)C1. The molecule has 2 heterocycles. The van der Waals surface area contributed by atoms with E-state index in [-0.39, 0.29) is 12.5 Å². The Labute approximate surface area is 181 Å². The fourth-order valence-corrected chi connectivity index (χ4v) is 3.88. The minimum absolute atomic E-state index is 0.167. The van der Waals surface area contributed by atoms with Crippen molar-refractivity contribution in [2.45, 2.75) is 32.9 Å². The van der Waals surface area contributed by atoms with Crippen LogP contribution in [-0.2, 0) is 13.1 Å². The highest BCUT2D eigenvalue weighted by Crippen LogP contribution is 2.19. The normalized spacial score (nSPS) is 17.1. The molecule has 1 unspecified atom stereocenters. The molecule has 2 aromatic carbocycles. The second kappa shape index (κ2) is 9.41. The van der Waals surface area contributed by atoms with Crippen LogP contribution in [0, 0.1) is 5.92 Å². The van der Waals surface area contributed by atoms with E-state index in [2.05, 4.69) is 27.3 Å². The molecule has 1 aliphatic rings. The van der Waals surface area contributed by atoms with E-state index in [9.17, 15) is 4.79 Å². The number of benzene rings is 2. The van der Waals surface area contributed by atoms with Gasteiger partial charge in [0.05, 0.1) is 6.54 Å². The number of nitrogens with one attached hydrogen (secondary N) is 1. The average Bonchev–Trinajstić information content (AvgIpc) is 3.22. The molecule has 3 aromatic rings. The molecule has 1 amide bonds. The molecule has 1 aromatic heterocycles. The maximum atomic E-state index is 12.5. The highest BCUT2D eigenvalue weighted by atomic mass is 35.5. The van der Waals surface area contributed by atoms with Gasteiger partial charge in [-0.3, -0.25) is 9.69 Å². The molecule has 30 heavy (non-hydrogen) atoms. The van der Waals surface area contributed by atoms with Gasteiger partial charge in [-0.25, -0.2) is 0 Å². The van der Waals surface area contributed by atoms with Gasteiger partial charge in [0.1, 0.15) is 0 Å². The average molecular weight is 425 g/mol. The molecule has 1 fully saturated rings. The fourth-order valence-electron chi connectivity index (χ4n) is 3.75. The van der Waals surface area contributed by atoms with Crippen LogP contribution in [0.3, 0.4) is 0 Å². The lowest BCUT2D eigenvalue weighted by atomic mass is 9.99. The number of amides is 1. The van der Waals surface area contributed by atoms with Gasteiger partial charge in [0.2, 0.25) is 11.7 Å². The number of likely N-dealkylation sites (tertiary alicyclic amines) is 1. The fraction of sp³-hybridized carbons (Fsp3) is 0.348. The molecule has 0 bridgehead atoms. The highest BCUT2D eigenvalue weighted by Gasteiger charge is 2.16. The van der Waals surface area contributed by atoms with Crippen molar-refractivity contribution in [1.82, 2.24) is 20.4 Å². The number of halogens is 1. The Morgan fingerprint density at radius 2 is 1.97 bits per heavy atom. The standard InChI is InChI=1S/C23H25ClN4O2/c1-16-3-2-12-28(14-16)15-17-4-6-19(7-5-17)23(29)25-13-21-26-22(27-30-21)18-8-10-20(24)11-9-18/h4-11,16H,2-3,12-15H2,1H3,(H,25,29). The largest absolute Gasteiger partial charge is 0.343 e. The number of rotatable bonds is 6. The van der Waals surface area contributed by atoms with Crippen molar-refractivity contribution >= 4 is 17.5 Å². The van der Waals surface area contributed by atoms with Crippen LogP contribution in [0.15, 0.2) is 53.1 Å². The van der Waals surface area contributed by atoms with Crippen molar-refractivity contribution in [3.8, 4) is 11.4 Å². The third kappa shape index (κ3) is 5.26. The number of aromatic nitrogens is 2. The van der Waals surface area contributed by atoms with Crippen LogP contribution >= 0.6 is 11.6 Å². The summed E-state index contributed by atoms with van der Waals surface area (Å²) in [5, 5.41) is 7.43. The van der Waals surface area contributed by atoms with E-state index in [1.807, 2.05) is 36.4 Å². The van der Waals surface area contributed by atoms with Gasteiger partial charge >= 0.3 is 0 Å². The third-order valence-corrected chi connectivity index (χ3v) is 5.59. The highest BCUT2D eigenvalue weighted by molar-refractivity contribution is 6.30. The van der Waals surface area contributed by atoms with Crippen molar-refractivity contribution in [2.24, 2.45) is 5.92 Å². The van der Waals surface area contributed by atoms with Gasteiger partial charge in [-0.05, 0) is 67.3 Å². The van der Waals surface area contributed by atoms with E-state index < -0.39 is 0 Å². The first-order chi connectivity index (χ1) is 14.6. The zero-order chi connectivity index (χ0) is 20.9. The Balaban J connectivity index is 1.30. The van der Waals surface area contributed by atoms with E-state index in [1.54, 1.807) is 12.1 Å². The minimum Gasteiger partial charge on any atom is -0.343 e. The summed E-state index contributed by atoms with van der Waals surface area (Å²) in [4.78, 5) is 19.3. The summed E-state index contributed by atoms with van der Waals surface area (Å²) in [6, 6.07) is 15.0. The number of carbonyl (C=O) groups excluding carboxylic acids is 1. The maximum Gasteiger partial charge on any atom is 0.251 e. The summed E-state index contributed by atoms with van der Waals surface area (Å²) >= 11 is 5.90. The smallest absolute Gasteiger partial charge is 0.251 e. The molecule has 6 nitrogen and oxygen atoms in total. The van der Waals surface area contributed by atoms with Crippen LogP contribution in [0.5, 0.6) is 0 Å². The minimum atomic E-state index is -0.167. The first kappa shape index (κ1) is 20.6. The summed E-state index contributed by atoms with van der Waals surface area (Å²) in [6.07, 6.45) is 2.58. The van der Waals surface area contributed by atoms with Crippen LogP contribution in [0.4, 0.5) is 0 Å². The molecular weight excluding hydrogens is 400 g/mol. The Hall–Kier alpha value is -2.70. The Morgan fingerprint density at radius 1 is 1.20 bits per heavy atom. The molecule has 1 saturated heterocycles. The lowest BCUT2D eigenvalue weighted by Gasteiger charge is -2.30. The molecule has 0 spiro atoms. The number of piperidine rings is 1. The van der Waals surface area contributed by atoms with Gasteiger partial charge in [0, 0.05) is 29.2 Å². The molecule has 4 rings (SSSR count). The van der Waals surface area contributed by atoms with Gasteiger partial charge in [0.15, 0.2) is 0 Å². The topological polar surface area (TPSA) is 71.3 Å². The van der Waals surface area contributed by atoms with Crippen molar-refractivity contribution in [3.63, 3.8) is 0 Å². The number of carbonyl (C=O) groups is 1. The zero-order valence-corrected chi connectivity index (χ0v) is 17.7. The third-order valence-electron chi connectivity index (χ3n) is 5.33. The molecule has 156 valence electrons. The van der Waals surface area contributed by atoms with Crippen molar-refractivity contribution in [2.75, 3.05) is 13.1 Å². The van der Waals surface area contributed by atoms with Crippen LogP contribution in [0.2, 0.25) is 5.02 Å². The van der Waals surface area contributed by atoms with Gasteiger partial charge < -0.3 is 9.84 Å². The summed E-state index contributed by atoms with van der Waals surface area (Å²) < 4.78 is 5.23. The lowest BCUT2D eigenvalue weighted by molar-refractivity contribution is 0.0946. The maximum absolute atomic E-state index is 12.5. The van der Waals surface area contributed by atoms with E-state index >= 15 is 0 Å². The van der Waals surface area contributed by atoms with E-state index in [0.29, 0.717) is 22.3 Å². The van der Waals surface area contributed by atoms with E-state index in [1.165, 1.54) is 18.4 Å². The van der Waals surface area contributed by atoms with Gasteiger partial charge in [0.25, 0.3) is 5.91 Å². The molecule has 0 saturated carbocycles. The summed E-state index contributed by atoms with van der Waals surface area (Å²) in [6.45, 7) is 5.70. The molecule has 0 radical (unpaired) electrons. The van der Waals surface area contributed by atoms with E-state index in [4.69, 9.17) is 16.1 Å². The van der Waals surface area contributed by atoms with Crippen molar-refractivity contribution < 1.29 is 9.32 Å². The van der Waals surface area contributed by atoms with Crippen LogP contribution in [-0.4, -0.2) is 34.0 Å². The molecule has 1 N–H and O–H groups in total. The number of hydrogen-bond acceptors (Lipinski definition) is 5. The molecule has 0 aliphatic carbocycles. The zero-order valence-electron chi connectivity index (χ0n) is 17.0. The van der Waals surface area contributed by atoms with Crippen molar-refractivity contribution in [3.05, 3.63) is 70.6 Å². The Kier molecular flexibility index (Phi) is 6.45. The van der Waals surface area contributed by atoms with Crippen LogP contribution < -0.4 is 5.32 Å². The Bertz CT molecular complexity index is 985. The lowest BCUT2D eigenvalue weighted by Crippen LogP contribution is -2.33. The predicted molar refractivity (Wildman–Crippen MR) is 116 cm³/mol. The quantitative estimate of drug-likeness (QED) is 0.628. The summed E-state index contributed by atoms with van der Waals surface area (Å²) in [5.41, 5.74) is 2.65.